The topological polar surface area (TPSA) is 87.0 Å². The summed E-state index contributed by atoms with van der Waals surface area (Å²) in [7, 11) is 0. The SMILES string of the molecule is CC1C2CCC(CC2)C1Cc1nc(-c2[nH]nc3ncc(Cl)cc23)nc(N2CCN(c3ccco3)CC2)c1F. The van der Waals surface area contributed by atoms with Crippen LogP contribution < -0.4 is 9.80 Å². The van der Waals surface area contributed by atoms with Gasteiger partial charge in [-0.1, -0.05) is 18.5 Å². The number of nitrogens with one attached hydrogen (secondary N) is 1. The largest absolute Gasteiger partial charge is 0.449 e. The van der Waals surface area contributed by atoms with Crippen molar-refractivity contribution in [2.45, 2.75) is 39.0 Å². The van der Waals surface area contributed by atoms with Crippen molar-refractivity contribution >= 4 is 34.3 Å². The Hall–Kier alpha value is -3.20. The number of aromatic amines is 1. The first-order valence-corrected chi connectivity index (χ1v) is 14.0. The number of nitrogens with zero attached hydrogens (tertiary/aromatic N) is 6. The van der Waals surface area contributed by atoms with Crippen LogP contribution in [0.1, 0.15) is 38.3 Å². The Morgan fingerprint density at radius 3 is 2.58 bits per heavy atom. The fourth-order valence-electron chi connectivity index (χ4n) is 7.02. The van der Waals surface area contributed by atoms with Gasteiger partial charge in [-0.25, -0.2) is 19.3 Å². The lowest BCUT2D eigenvalue weighted by Gasteiger charge is -2.47. The van der Waals surface area contributed by atoms with E-state index in [9.17, 15) is 0 Å². The van der Waals surface area contributed by atoms with Gasteiger partial charge in [0.05, 0.1) is 22.4 Å². The molecule has 3 saturated carbocycles. The van der Waals surface area contributed by atoms with Gasteiger partial charge in [0.15, 0.2) is 29.0 Å². The van der Waals surface area contributed by atoms with Gasteiger partial charge in [-0.15, -0.1) is 0 Å². The summed E-state index contributed by atoms with van der Waals surface area (Å²) in [5, 5.41) is 8.60. The number of anilines is 2. The average molecular weight is 536 g/mol. The van der Waals surface area contributed by atoms with Crippen LogP contribution in [0.5, 0.6) is 0 Å². The fraction of sp³-hybridized carbons (Fsp3) is 0.500. The number of fused-ring (bicyclic) bond motifs is 4. The van der Waals surface area contributed by atoms with Crippen LogP contribution in [0.3, 0.4) is 0 Å². The predicted molar refractivity (Wildman–Crippen MR) is 145 cm³/mol. The molecule has 0 spiro atoms. The molecule has 5 heterocycles. The van der Waals surface area contributed by atoms with Crippen molar-refractivity contribution in [2.24, 2.45) is 23.7 Å². The van der Waals surface area contributed by atoms with Gasteiger partial charge in [0.25, 0.3) is 0 Å². The Labute approximate surface area is 225 Å². The Kier molecular flexibility index (Phi) is 5.98. The molecule has 3 aliphatic carbocycles. The monoisotopic (exact) mass is 535 g/mol. The molecule has 2 bridgehead atoms. The zero-order valence-electron chi connectivity index (χ0n) is 21.4. The maximum absolute atomic E-state index is 16.3. The van der Waals surface area contributed by atoms with Gasteiger partial charge in [-0.2, -0.15) is 5.10 Å². The van der Waals surface area contributed by atoms with Gasteiger partial charge < -0.3 is 14.2 Å². The zero-order valence-corrected chi connectivity index (χ0v) is 22.2. The average Bonchev–Trinajstić information content (AvgIpc) is 3.63. The van der Waals surface area contributed by atoms with Crippen LogP contribution in [-0.4, -0.2) is 51.3 Å². The van der Waals surface area contributed by atoms with E-state index in [1.165, 1.54) is 25.7 Å². The molecule has 8 nitrogen and oxygen atoms in total. The minimum atomic E-state index is -0.297. The molecule has 0 amide bonds. The van der Waals surface area contributed by atoms with E-state index < -0.39 is 0 Å². The third kappa shape index (κ3) is 4.11. The first-order chi connectivity index (χ1) is 18.5. The second kappa shape index (κ2) is 9.52. The molecule has 0 radical (unpaired) electrons. The third-order valence-corrected chi connectivity index (χ3v) is 9.38. The molecule has 4 aliphatic rings. The minimum absolute atomic E-state index is 0.297. The fourth-order valence-corrected chi connectivity index (χ4v) is 7.18. The van der Waals surface area contributed by atoms with Crippen molar-refractivity contribution in [3.05, 3.63) is 47.2 Å². The van der Waals surface area contributed by atoms with Crippen LogP contribution >= 0.6 is 11.6 Å². The summed E-state index contributed by atoms with van der Waals surface area (Å²) in [5.74, 6) is 3.74. The molecule has 4 fully saturated rings. The van der Waals surface area contributed by atoms with Gasteiger partial charge >= 0.3 is 0 Å². The van der Waals surface area contributed by atoms with E-state index in [1.807, 2.05) is 17.0 Å². The Bertz CT molecular complexity index is 1440. The van der Waals surface area contributed by atoms with Crippen LogP contribution in [0.15, 0.2) is 35.1 Å². The highest BCUT2D eigenvalue weighted by Gasteiger charge is 2.42. The summed E-state index contributed by atoms with van der Waals surface area (Å²) in [6.07, 6.45) is 8.98. The lowest BCUT2D eigenvalue weighted by molar-refractivity contribution is 0.0334. The summed E-state index contributed by atoms with van der Waals surface area (Å²) in [6, 6.07) is 5.65. The third-order valence-electron chi connectivity index (χ3n) is 9.17. The van der Waals surface area contributed by atoms with Crippen LogP contribution in [0, 0.1) is 29.5 Å². The minimum Gasteiger partial charge on any atom is -0.449 e. The predicted octanol–water partition coefficient (Wildman–Crippen LogP) is 5.74. The van der Waals surface area contributed by atoms with E-state index in [2.05, 4.69) is 27.0 Å². The van der Waals surface area contributed by atoms with Crippen molar-refractivity contribution in [2.75, 3.05) is 36.0 Å². The molecule has 0 aromatic carbocycles. The zero-order chi connectivity index (χ0) is 25.8. The number of hydrogen-bond donors (Lipinski definition) is 1. The van der Waals surface area contributed by atoms with Gasteiger partial charge in [0.1, 0.15) is 5.69 Å². The molecule has 4 aromatic heterocycles. The van der Waals surface area contributed by atoms with Crippen molar-refractivity contribution in [1.82, 2.24) is 25.1 Å². The molecule has 38 heavy (non-hydrogen) atoms. The highest BCUT2D eigenvalue weighted by molar-refractivity contribution is 6.31. The summed E-state index contributed by atoms with van der Waals surface area (Å²) in [6.45, 7) is 5.06. The van der Waals surface area contributed by atoms with Gasteiger partial charge in [0, 0.05) is 38.4 Å². The summed E-state index contributed by atoms with van der Waals surface area (Å²) in [4.78, 5) is 18.1. The number of aromatic nitrogens is 5. The van der Waals surface area contributed by atoms with Crippen LogP contribution in [0.4, 0.5) is 16.1 Å². The number of pyridine rings is 1. The molecule has 1 N–H and O–H groups in total. The second-order valence-electron chi connectivity index (χ2n) is 11.1. The number of piperazine rings is 1. The van der Waals surface area contributed by atoms with Crippen molar-refractivity contribution < 1.29 is 8.81 Å². The van der Waals surface area contributed by atoms with E-state index in [4.69, 9.17) is 26.0 Å². The molecule has 2 unspecified atom stereocenters. The first-order valence-electron chi connectivity index (χ1n) is 13.6. The highest BCUT2D eigenvalue weighted by atomic mass is 35.5. The van der Waals surface area contributed by atoms with Crippen molar-refractivity contribution in [1.29, 1.82) is 0 Å². The quantitative estimate of drug-likeness (QED) is 0.348. The summed E-state index contributed by atoms with van der Waals surface area (Å²) in [5.41, 5.74) is 1.65. The standard InChI is InChI=1S/C28H31ClFN7O/c1-16-17-4-6-18(7-5-17)20(16)14-22-24(30)28(37-10-8-36(9-11-37)23-3-2-12-38-23)33-27(32-22)25-21-13-19(29)15-31-26(21)35-34-25/h2-3,12-13,15-18,20H,4-11,14H2,1H3,(H,31,34,35). The Morgan fingerprint density at radius 1 is 1.08 bits per heavy atom. The second-order valence-corrected chi connectivity index (χ2v) is 11.5. The van der Waals surface area contributed by atoms with Crippen LogP contribution in [-0.2, 0) is 6.42 Å². The van der Waals surface area contributed by atoms with Crippen LogP contribution in [0.2, 0.25) is 5.02 Å². The maximum atomic E-state index is 16.3. The normalized spacial score (nSPS) is 25.4. The Balaban J connectivity index is 1.27. The lowest BCUT2D eigenvalue weighted by atomic mass is 9.58. The summed E-state index contributed by atoms with van der Waals surface area (Å²) >= 11 is 6.26. The number of furan rings is 1. The van der Waals surface area contributed by atoms with Crippen LogP contribution in [0.25, 0.3) is 22.6 Å². The van der Waals surface area contributed by atoms with Crippen molar-refractivity contribution in [3.8, 4) is 11.5 Å². The van der Waals surface area contributed by atoms with E-state index in [1.54, 1.807) is 18.5 Å². The summed E-state index contributed by atoms with van der Waals surface area (Å²) < 4.78 is 21.9. The van der Waals surface area contributed by atoms with Gasteiger partial charge in [0.2, 0.25) is 0 Å². The van der Waals surface area contributed by atoms with E-state index >= 15 is 4.39 Å². The molecule has 8 rings (SSSR count). The number of H-pyrrole nitrogens is 1. The molecular formula is C28H31ClFN7O. The molecular weight excluding hydrogens is 505 g/mol. The van der Waals surface area contributed by atoms with Gasteiger partial charge in [-0.05, 0) is 67.9 Å². The molecule has 1 saturated heterocycles. The van der Waals surface area contributed by atoms with E-state index in [0.29, 0.717) is 71.0 Å². The van der Waals surface area contributed by atoms with Gasteiger partial charge in [-0.3, -0.25) is 5.10 Å². The number of halogens is 2. The molecule has 1 aliphatic heterocycles. The molecule has 4 aromatic rings. The number of rotatable bonds is 5. The maximum Gasteiger partial charge on any atom is 0.195 e. The lowest BCUT2D eigenvalue weighted by Crippen LogP contribution is -2.47. The highest BCUT2D eigenvalue weighted by Crippen LogP contribution is 2.50. The van der Waals surface area contributed by atoms with E-state index in [-0.39, 0.29) is 5.82 Å². The van der Waals surface area contributed by atoms with E-state index in [0.717, 1.165) is 30.3 Å². The first kappa shape index (κ1) is 23.9. The molecule has 10 heteroatoms. The smallest absolute Gasteiger partial charge is 0.195 e. The number of hydrogen-bond acceptors (Lipinski definition) is 7. The molecule has 198 valence electrons. The Morgan fingerprint density at radius 2 is 1.84 bits per heavy atom. The molecule has 2 atom stereocenters. The van der Waals surface area contributed by atoms with Crippen molar-refractivity contribution in [3.63, 3.8) is 0 Å².